The van der Waals surface area contributed by atoms with Crippen LogP contribution in [0.1, 0.15) is 35.6 Å². The number of nitrogens with zero attached hydrogens (tertiary/aromatic N) is 2. The lowest BCUT2D eigenvalue weighted by Gasteiger charge is -2.31. The van der Waals surface area contributed by atoms with Crippen molar-refractivity contribution < 1.29 is 13.2 Å². The molecule has 8 heteroatoms. The third-order valence-corrected chi connectivity index (χ3v) is 4.69. The lowest BCUT2D eigenvalue weighted by Crippen LogP contribution is -2.46. The van der Waals surface area contributed by atoms with Crippen LogP contribution in [0.3, 0.4) is 0 Å². The molecule has 1 heterocycles. The maximum absolute atomic E-state index is 12.8. The van der Waals surface area contributed by atoms with Gasteiger partial charge in [-0.3, -0.25) is 4.99 Å². The molecule has 1 aromatic rings. The number of guanidine groups is 1. The summed E-state index contributed by atoms with van der Waals surface area (Å²) in [5, 5.41) is 7.13. The van der Waals surface area contributed by atoms with Crippen molar-refractivity contribution in [3.63, 3.8) is 0 Å². The van der Waals surface area contributed by atoms with Gasteiger partial charge >= 0.3 is 6.18 Å². The van der Waals surface area contributed by atoms with Gasteiger partial charge in [0.2, 0.25) is 0 Å². The first-order valence-corrected chi connectivity index (χ1v) is 8.15. The molecule has 1 fully saturated rings. The Morgan fingerprint density at radius 3 is 2.82 bits per heavy atom. The van der Waals surface area contributed by atoms with Crippen LogP contribution in [0.4, 0.5) is 13.2 Å². The summed E-state index contributed by atoms with van der Waals surface area (Å²) in [6.07, 6.45) is -0.635. The molecule has 0 aromatic carbocycles. The van der Waals surface area contributed by atoms with Crippen LogP contribution in [0.5, 0.6) is 0 Å². The Hall–Kier alpha value is -1.31. The van der Waals surface area contributed by atoms with Gasteiger partial charge in [0.15, 0.2) is 5.96 Å². The maximum Gasteiger partial charge on any atom is 0.391 e. The van der Waals surface area contributed by atoms with Crippen molar-refractivity contribution in [2.24, 2.45) is 10.9 Å². The first-order valence-electron chi connectivity index (χ1n) is 7.33. The number of alkyl halides is 3. The first-order chi connectivity index (χ1) is 10.4. The third kappa shape index (κ3) is 4.86. The Morgan fingerprint density at radius 2 is 2.23 bits per heavy atom. The summed E-state index contributed by atoms with van der Waals surface area (Å²) in [4.78, 5) is 9.44. The Morgan fingerprint density at radius 1 is 1.45 bits per heavy atom. The molecule has 2 unspecified atom stereocenters. The summed E-state index contributed by atoms with van der Waals surface area (Å²) in [7, 11) is 1.62. The van der Waals surface area contributed by atoms with Gasteiger partial charge in [0.25, 0.3) is 0 Å². The smallest absolute Gasteiger partial charge is 0.354 e. The monoisotopic (exact) mass is 334 g/mol. The zero-order valence-corrected chi connectivity index (χ0v) is 13.5. The van der Waals surface area contributed by atoms with E-state index in [1.54, 1.807) is 24.6 Å². The average Bonchev–Trinajstić information content (AvgIpc) is 2.88. The number of halogens is 3. The lowest BCUT2D eigenvalue weighted by molar-refractivity contribution is -0.183. The molecule has 0 saturated heterocycles. The molecule has 124 valence electrons. The van der Waals surface area contributed by atoms with Gasteiger partial charge in [-0.2, -0.15) is 13.2 Å². The van der Waals surface area contributed by atoms with E-state index in [2.05, 4.69) is 20.6 Å². The minimum atomic E-state index is -4.10. The minimum Gasteiger partial charge on any atom is -0.354 e. The maximum atomic E-state index is 12.8. The van der Waals surface area contributed by atoms with E-state index in [-0.39, 0.29) is 18.9 Å². The van der Waals surface area contributed by atoms with Gasteiger partial charge in [0.05, 0.1) is 12.5 Å². The van der Waals surface area contributed by atoms with Gasteiger partial charge in [-0.1, -0.05) is 6.42 Å². The molecule has 0 amide bonds. The van der Waals surface area contributed by atoms with Gasteiger partial charge in [-0.05, 0) is 26.2 Å². The van der Waals surface area contributed by atoms with Crippen molar-refractivity contribution in [2.45, 2.75) is 51.4 Å². The summed E-state index contributed by atoms with van der Waals surface area (Å²) in [5.41, 5.74) is 0. The summed E-state index contributed by atoms with van der Waals surface area (Å²) in [5.74, 6) is -0.681. The average molecular weight is 334 g/mol. The van der Waals surface area contributed by atoms with E-state index >= 15 is 0 Å². The highest BCUT2D eigenvalue weighted by atomic mass is 32.1. The van der Waals surface area contributed by atoms with Gasteiger partial charge in [0, 0.05) is 24.2 Å². The largest absolute Gasteiger partial charge is 0.391 e. The van der Waals surface area contributed by atoms with Gasteiger partial charge in [-0.15, -0.1) is 11.3 Å². The summed E-state index contributed by atoms with van der Waals surface area (Å²) < 4.78 is 38.5. The van der Waals surface area contributed by atoms with Crippen LogP contribution >= 0.6 is 11.3 Å². The molecule has 1 aliphatic carbocycles. The molecule has 1 aromatic heterocycles. The highest BCUT2D eigenvalue weighted by Crippen LogP contribution is 2.37. The molecule has 2 rings (SSSR count). The van der Waals surface area contributed by atoms with Crippen LogP contribution in [0, 0.1) is 12.8 Å². The van der Waals surface area contributed by atoms with E-state index in [0.29, 0.717) is 18.9 Å². The third-order valence-electron chi connectivity index (χ3n) is 3.78. The molecular weight excluding hydrogens is 313 g/mol. The Labute approximate surface area is 132 Å². The lowest BCUT2D eigenvalue weighted by atomic mass is 9.85. The molecule has 0 radical (unpaired) electrons. The molecular formula is C14H21F3N4S. The van der Waals surface area contributed by atoms with Crippen molar-refractivity contribution in [3.05, 3.63) is 16.1 Å². The van der Waals surface area contributed by atoms with Crippen LogP contribution in [0.2, 0.25) is 0 Å². The van der Waals surface area contributed by atoms with Crippen LogP contribution in [-0.4, -0.2) is 30.2 Å². The quantitative estimate of drug-likeness (QED) is 0.659. The number of rotatable bonds is 3. The highest BCUT2D eigenvalue weighted by Gasteiger charge is 2.42. The van der Waals surface area contributed by atoms with Crippen molar-refractivity contribution in [3.8, 4) is 0 Å². The normalized spacial score (nSPS) is 23.4. The number of aryl methyl sites for hydroxylation is 1. The zero-order valence-electron chi connectivity index (χ0n) is 12.7. The molecule has 4 nitrogen and oxygen atoms in total. The predicted octanol–water partition coefficient (Wildman–Crippen LogP) is 3.24. The number of aliphatic imine (C=N–C) groups is 1. The molecule has 2 N–H and O–H groups in total. The fraction of sp³-hybridized carbons (Fsp3) is 0.714. The van der Waals surface area contributed by atoms with E-state index in [9.17, 15) is 13.2 Å². The Kier molecular flexibility index (Phi) is 5.66. The second-order valence-electron chi connectivity index (χ2n) is 5.54. The highest BCUT2D eigenvalue weighted by molar-refractivity contribution is 7.11. The second-order valence-corrected chi connectivity index (χ2v) is 6.86. The SMILES string of the molecule is CN=C(NCc1ncc(C)s1)NC1CCCC(C(F)(F)F)C1. The van der Waals surface area contributed by atoms with E-state index in [1.807, 2.05) is 6.92 Å². The van der Waals surface area contributed by atoms with E-state index in [1.165, 1.54) is 0 Å². The van der Waals surface area contributed by atoms with Gasteiger partial charge in [-0.25, -0.2) is 4.98 Å². The fourth-order valence-electron chi connectivity index (χ4n) is 2.65. The Balaban J connectivity index is 1.84. The zero-order chi connectivity index (χ0) is 16.2. The number of hydrogen-bond donors (Lipinski definition) is 2. The molecule has 0 bridgehead atoms. The van der Waals surface area contributed by atoms with E-state index in [0.717, 1.165) is 16.3 Å². The second kappa shape index (κ2) is 7.30. The molecule has 1 saturated carbocycles. The van der Waals surface area contributed by atoms with Crippen molar-refractivity contribution in [2.75, 3.05) is 7.05 Å². The summed E-state index contributed by atoms with van der Waals surface area (Å²) >= 11 is 1.58. The predicted molar refractivity (Wildman–Crippen MR) is 82.0 cm³/mol. The standard InChI is InChI=1S/C14H21F3N4S/c1-9-7-19-12(22-9)8-20-13(18-2)21-11-5-3-4-10(6-11)14(15,16)17/h7,10-11H,3-6,8H2,1-2H3,(H2,18,20,21). The topological polar surface area (TPSA) is 49.3 Å². The Bertz CT molecular complexity index is 512. The van der Waals surface area contributed by atoms with Crippen LogP contribution < -0.4 is 10.6 Å². The first kappa shape index (κ1) is 17.1. The fourth-order valence-corrected chi connectivity index (χ4v) is 3.38. The molecule has 0 spiro atoms. The van der Waals surface area contributed by atoms with Crippen LogP contribution in [0.25, 0.3) is 0 Å². The van der Waals surface area contributed by atoms with Gasteiger partial charge < -0.3 is 10.6 Å². The van der Waals surface area contributed by atoms with Crippen molar-refractivity contribution in [1.29, 1.82) is 0 Å². The molecule has 2 atom stereocenters. The summed E-state index contributed by atoms with van der Waals surface area (Å²) in [6, 6.07) is -0.190. The number of aromatic nitrogens is 1. The number of hydrogen-bond acceptors (Lipinski definition) is 3. The van der Waals surface area contributed by atoms with Crippen LogP contribution in [-0.2, 0) is 6.54 Å². The summed E-state index contributed by atoms with van der Waals surface area (Å²) in [6.45, 7) is 2.50. The van der Waals surface area contributed by atoms with E-state index in [4.69, 9.17) is 0 Å². The van der Waals surface area contributed by atoms with Gasteiger partial charge in [0.1, 0.15) is 5.01 Å². The number of thiazole rings is 1. The van der Waals surface area contributed by atoms with Crippen molar-refractivity contribution >= 4 is 17.3 Å². The number of nitrogens with one attached hydrogen (secondary N) is 2. The molecule has 22 heavy (non-hydrogen) atoms. The molecule has 1 aliphatic rings. The van der Waals surface area contributed by atoms with E-state index < -0.39 is 12.1 Å². The van der Waals surface area contributed by atoms with Crippen molar-refractivity contribution in [1.82, 2.24) is 15.6 Å². The minimum absolute atomic E-state index is 0.112. The van der Waals surface area contributed by atoms with Crippen LogP contribution in [0.15, 0.2) is 11.2 Å². The molecule has 0 aliphatic heterocycles.